The van der Waals surface area contributed by atoms with Gasteiger partial charge in [0.25, 0.3) is 5.91 Å². The molecule has 1 aliphatic heterocycles. The van der Waals surface area contributed by atoms with E-state index in [9.17, 15) is 28.2 Å². The molecule has 0 aliphatic carbocycles. The number of anilines is 1. The van der Waals surface area contributed by atoms with Crippen LogP contribution in [0.4, 0.5) is 18.9 Å². The van der Waals surface area contributed by atoms with Crippen LogP contribution < -0.4 is 4.90 Å². The molecule has 4 rings (SSSR count). The molecule has 0 spiro atoms. The standard InChI is InChI=1S/C23H19F3N2O3/c1-13-2-3-15-10-14(17-8-9-27-12-19(17)23(24,25)26)4-7-20(15)28(13)22(31)18-6-5-16(29)11-21(18)30/h4-13,29-30H,2-3H2,1H3. The van der Waals surface area contributed by atoms with Gasteiger partial charge in [0.15, 0.2) is 0 Å². The third-order valence-corrected chi connectivity index (χ3v) is 5.48. The van der Waals surface area contributed by atoms with Crippen LogP contribution in [0, 0.1) is 0 Å². The van der Waals surface area contributed by atoms with Crippen LogP contribution in [-0.2, 0) is 12.6 Å². The molecular formula is C23H19F3N2O3. The molecular weight excluding hydrogens is 409 g/mol. The second kappa shape index (κ2) is 7.61. The van der Waals surface area contributed by atoms with Gasteiger partial charge in [-0.2, -0.15) is 13.2 Å². The number of alkyl halides is 3. The van der Waals surface area contributed by atoms with Gasteiger partial charge in [-0.25, -0.2) is 0 Å². The fourth-order valence-electron chi connectivity index (χ4n) is 3.93. The summed E-state index contributed by atoms with van der Waals surface area (Å²) in [5, 5.41) is 19.6. The maximum absolute atomic E-state index is 13.4. The van der Waals surface area contributed by atoms with Crippen molar-refractivity contribution in [1.29, 1.82) is 0 Å². The number of rotatable bonds is 2. The Bertz CT molecular complexity index is 1160. The molecule has 1 amide bonds. The van der Waals surface area contributed by atoms with Crippen molar-refractivity contribution in [1.82, 2.24) is 4.98 Å². The van der Waals surface area contributed by atoms with Gasteiger partial charge in [0.1, 0.15) is 11.5 Å². The molecule has 1 atom stereocenters. The van der Waals surface area contributed by atoms with Gasteiger partial charge in [0.05, 0.1) is 11.1 Å². The number of aromatic nitrogens is 1. The number of hydrogen-bond acceptors (Lipinski definition) is 4. The van der Waals surface area contributed by atoms with Gasteiger partial charge in [-0.15, -0.1) is 0 Å². The molecule has 1 unspecified atom stereocenters. The molecule has 0 saturated carbocycles. The van der Waals surface area contributed by atoms with Crippen LogP contribution in [0.1, 0.15) is 34.8 Å². The van der Waals surface area contributed by atoms with Gasteiger partial charge in [-0.3, -0.25) is 9.78 Å². The summed E-state index contributed by atoms with van der Waals surface area (Å²) in [7, 11) is 0. The Kier molecular flexibility index (Phi) is 5.08. The third-order valence-electron chi connectivity index (χ3n) is 5.48. The number of amides is 1. The molecule has 31 heavy (non-hydrogen) atoms. The lowest BCUT2D eigenvalue weighted by Gasteiger charge is -2.36. The van der Waals surface area contributed by atoms with E-state index in [0.29, 0.717) is 24.1 Å². The minimum atomic E-state index is -4.54. The van der Waals surface area contributed by atoms with Crippen LogP contribution in [0.2, 0.25) is 0 Å². The number of hydrogen-bond donors (Lipinski definition) is 2. The average molecular weight is 428 g/mol. The fraction of sp³-hybridized carbons (Fsp3) is 0.217. The van der Waals surface area contributed by atoms with Crippen molar-refractivity contribution in [3.05, 3.63) is 71.5 Å². The molecule has 1 aromatic heterocycles. The van der Waals surface area contributed by atoms with Crippen LogP contribution in [0.5, 0.6) is 11.5 Å². The number of phenolic OH excluding ortho intramolecular Hbond substituents is 2. The van der Waals surface area contributed by atoms with Crippen LogP contribution >= 0.6 is 0 Å². The zero-order valence-electron chi connectivity index (χ0n) is 16.5. The molecule has 1 aliphatic rings. The van der Waals surface area contributed by atoms with Crippen molar-refractivity contribution >= 4 is 11.6 Å². The average Bonchev–Trinajstić information content (AvgIpc) is 2.72. The summed E-state index contributed by atoms with van der Waals surface area (Å²) < 4.78 is 40.2. The van der Waals surface area contributed by atoms with Crippen LogP contribution in [0.25, 0.3) is 11.1 Å². The number of carbonyl (C=O) groups is 1. The third kappa shape index (κ3) is 3.81. The number of phenols is 2. The highest BCUT2D eigenvalue weighted by Gasteiger charge is 2.35. The van der Waals surface area contributed by atoms with Gasteiger partial charge < -0.3 is 15.1 Å². The molecule has 0 fully saturated rings. The number of aryl methyl sites for hydroxylation is 1. The summed E-state index contributed by atoms with van der Waals surface area (Å²) >= 11 is 0. The van der Waals surface area contributed by atoms with Crippen LogP contribution in [0.3, 0.4) is 0 Å². The zero-order valence-corrected chi connectivity index (χ0v) is 16.5. The van der Waals surface area contributed by atoms with E-state index < -0.39 is 17.6 Å². The second-order valence-electron chi connectivity index (χ2n) is 7.53. The van der Waals surface area contributed by atoms with E-state index in [-0.39, 0.29) is 28.7 Å². The Morgan fingerprint density at radius 3 is 2.61 bits per heavy atom. The fourth-order valence-corrected chi connectivity index (χ4v) is 3.93. The predicted octanol–water partition coefficient (Wildman–Crippen LogP) is 5.16. The lowest BCUT2D eigenvalue weighted by atomic mass is 9.91. The van der Waals surface area contributed by atoms with E-state index >= 15 is 0 Å². The Morgan fingerprint density at radius 2 is 1.90 bits per heavy atom. The maximum atomic E-state index is 13.4. The lowest BCUT2D eigenvalue weighted by Crippen LogP contribution is -2.42. The predicted molar refractivity (Wildman–Crippen MR) is 109 cm³/mol. The van der Waals surface area contributed by atoms with E-state index in [2.05, 4.69) is 4.98 Å². The van der Waals surface area contributed by atoms with Gasteiger partial charge in [0, 0.05) is 30.2 Å². The Morgan fingerprint density at radius 1 is 1.13 bits per heavy atom. The van der Waals surface area contributed by atoms with E-state index in [1.807, 2.05) is 6.92 Å². The lowest BCUT2D eigenvalue weighted by molar-refractivity contribution is -0.137. The van der Waals surface area contributed by atoms with Crippen molar-refractivity contribution in [2.45, 2.75) is 32.0 Å². The Labute approximate surface area is 176 Å². The van der Waals surface area contributed by atoms with Crippen LogP contribution in [0.15, 0.2) is 54.9 Å². The molecule has 5 nitrogen and oxygen atoms in total. The highest BCUT2D eigenvalue weighted by atomic mass is 19.4. The topological polar surface area (TPSA) is 73.7 Å². The zero-order chi connectivity index (χ0) is 22.3. The van der Waals surface area contributed by atoms with Crippen molar-refractivity contribution in [3.8, 4) is 22.6 Å². The van der Waals surface area contributed by atoms with Crippen molar-refractivity contribution < 1.29 is 28.2 Å². The summed E-state index contributed by atoms with van der Waals surface area (Å²) in [6.45, 7) is 1.87. The highest BCUT2D eigenvalue weighted by Crippen LogP contribution is 2.40. The molecule has 3 aromatic rings. The van der Waals surface area contributed by atoms with Gasteiger partial charge in [-0.05, 0) is 66.8 Å². The first-order valence-corrected chi connectivity index (χ1v) is 9.67. The van der Waals surface area contributed by atoms with Gasteiger partial charge in [-0.1, -0.05) is 6.07 Å². The minimum absolute atomic E-state index is 0.0259. The number of fused-ring (bicyclic) bond motifs is 1. The molecule has 2 N–H and O–H groups in total. The SMILES string of the molecule is CC1CCc2cc(-c3ccncc3C(F)(F)F)ccc2N1C(=O)c1ccc(O)cc1O. The van der Waals surface area contributed by atoms with Gasteiger partial charge >= 0.3 is 6.18 Å². The second-order valence-corrected chi connectivity index (χ2v) is 7.53. The molecule has 0 saturated heterocycles. The van der Waals surface area contributed by atoms with E-state index in [1.54, 1.807) is 18.2 Å². The number of pyridine rings is 1. The van der Waals surface area contributed by atoms with Crippen LogP contribution in [-0.4, -0.2) is 27.1 Å². The molecule has 8 heteroatoms. The highest BCUT2D eigenvalue weighted by molar-refractivity contribution is 6.09. The first kappa shape index (κ1) is 20.7. The van der Waals surface area contributed by atoms with Crippen molar-refractivity contribution in [2.24, 2.45) is 0 Å². The molecule has 160 valence electrons. The van der Waals surface area contributed by atoms with E-state index in [4.69, 9.17) is 0 Å². The summed E-state index contributed by atoms with van der Waals surface area (Å²) in [6, 6.07) is 9.76. The molecule has 0 radical (unpaired) electrons. The van der Waals surface area contributed by atoms with E-state index in [0.717, 1.165) is 17.8 Å². The first-order chi connectivity index (χ1) is 14.7. The van der Waals surface area contributed by atoms with Crippen molar-refractivity contribution in [3.63, 3.8) is 0 Å². The van der Waals surface area contributed by atoms with E-state index in [1.165, 1.54) is 29.3 Å². The first-order valence-electron chi connectivity index (χ1n) is 9.67. The Hall–Kier alpha value is -3.55. The maximum Gasteiger partial charge on any atom is 0.418 e. The molecule has 2 heterocycles. The Balaban J connectivity index is 1.77. The molecule has 2 aromatic carbocycles. The number of benzene rings is 2. The summed E-state index contributed by atoms with van der Waals surface area (Å²) in [4.78, 5) is 18.3. The van der Waals surface area contributed by atoms with Crippen molar-refractivity contribution in [2.75, 3.05) is 4.90 Å². The summed E-state index contributed by atoms with van der Waals surface area (Å²) in [5.41, 5.74) is 0.965. The summed E-state index contributed by atoms with van der Waals surface area (Å²) in [5.74, 6) is -0.949. The summed E-state index contributed by atoms with van der Waals surface area (Å²) in [6.07, 6.45) is -1.20. The van der Waals surface area contributed by atoms with Gasteiger partial charge in [0.2, 0.25) is 0 Å². The number of carbonyl (C=O) groups excluding carboxylic acids is 1. The normalized spacial score (nSPS) is 16.1. The quantitative estimate of drug-likeness (QED) is 0.591. The number of nitrogens with zero attached hydrogens (tertiary/aromatic N) is 2. The smallest absolute Gasteiger partial charge is 0.418 e. The number of aromatic hydroxyl groups is 2. The largest absolute Gasteiger partial charge is 0.508 e. The minimum Gasteiger partial charge on any atom is -0.508 e. The molecule has 0 bridgehead atoms. The monoisotopic (exact) mass is 428 g/mol. The number of halogens is 3.